The highest BCUT2D eigenvalue weighted by molar-refractivity contribution is 7.13. The van der Waals surface area contributed by atoms with Crippen molar-refractivity contribution in [3.8, 4) is 10.6 Å². The fraction of sp³-hybridized carbons (Fsp3) is 0.231. The van der Waals surface area contributed by atoms with Gasteiger partial charge in [-0.15, -0.1) is 11.3 Å². The molecule has 0 bridgehead atoms. The maximum absolute atomic E-state index is 12.2. The van der Waals surface area contributed by atoms with Gasteiger partial charge in [0.2, 0.25) is 0 Å². The number of methoxy groups -OCH3 is 1. The highest BCUT2D eigenvalue weighted by Crippen LogP contribution is 2.23. The summed E-state index contributed by atoms with van der Waals surface area (Å²) < 4.78 is 6.52. The Labute approximate surface area is 119 Å². The molecule has 6 heteroatoms. The average molecular weight is 298 g/mol. The quantitative estimate of drug-likeness (QED) is 0.797. The standard InChI is InChI=1S/C13H12ClNO3S/c1-18-7-6-15-10(11-3-2-8-19-11)5-4-9(12(14)16)13(15)17/h2-5,8H,6-7H2,1H3. The van der Waals surface area contributed by atoms with Crippen LogP contribution in [0.2, 0.25) is 0 Å². The van der Waals surface area contributed by atoms with Crippen LogP contribution in [-0.4, -0.2) is 23.5 Å². The number of hydrogen-bond acceptors (Lipinski definition) is 4. The first-order valence-corrected chi connectivity index (χ1v) is 6.87. The molecule has 0 fully saturated rings. The second kappa shape index (κ2) is 6.14. The molecule has 0 unspecified atom stereocenters. The summed E-state index contributed by atoms with van der Waals surface area (Å²) in [4.78, 5) is 24.4. The monoisotopic (exact) mass is 297 g/mol. The van der Waals surface area contributed by atoms with Crippen molar-refractivity contribution in [1.82, 2.24) is 4.57 Å². The molecule has 2 rings (SSSR count). The highest BCUT2D eigenvalue weighted by Gasteiger charge is 2.14. The lowest BCUT2D eigenvalue weighted by molar-refractivity contribution is 0.107. The summed E-state index contributed by atoms with van der Waals surface area (Å²) in [5.74, 6) is 0. The van der Waals surface area contributed by atoms with Gasteiger partial charge in [-0.25, -0.2) is 0 Å². The van der Waals surface area contributed by atoms with E-state index in [2.05, 4.69) is 0 Å². The second-order valence-electron chi connectivity index (χ2n) is 3.83. The molecule has 19 heavy (non-hydrogen) atoms. The lowest BCUT2D eigenvalue weighted by Crippen LogP contribution is -2.27. The Balaban J connectivity index is 2.58. The number of carbonyl (C=O) groups excluding carboxylic acids is 1. The number of halogens is 1. The molecule has 2 aromatic rings. The molecule has 0 spiro atoms. The molecule has 0 saturated heterocycles. The number of hydrogen-bond donors (Lipinski definition) is 0. The van der Waals surface area contributed by atoms with E-state index < -0.39 is 5.24 Å². The molecule has 2 aromatic heterocycles. The van der Waals surface area contributed by atoms with Crippen LogP contribution in [0.5, 0.6) is 0 Å². The van der Waals surface area contributed by atoms with Crippen LogP contribution in [0.25, 0.3) is 10.6 Å². The number of carbonyl (C=O) groups is 1. The van der Waals surface area contributed by atoms with E-state index in [0.29, 0.717) is 13.2 Å². The number of ether oxygens (including phenoxy) is 1. The zero-order valence-electron chi connectivity index (χ0n) is 10.3. The van der Waals surface area contributed by atoms with Gasteiger partial charge in [-0.1, -0.05) is 6.07 Å². The van der Waals surface area contributed by atoms with Crippen LogP contribution in [-0.2, 0) is 11.3 Å². The van der Waals surface area contributed by atoms with Gasteiger partial charge in [0.1, 0.15) is 0 Å². The zero-order valence-corrected chi connectivity index (χ0v) is 11.8. The van der Waals surface area contributed by atoms with E-state index in [0.717, 1.165) is 10.6 Å². The van der Waals surface area contributed by atoms with Crippen molar-refractivity contribution in [2.75, 3.05) is 13.7 Å². The van der Waals surface area contributed by atoms with Crippen LogP contribution in [0, 0.1) is 0 Å². The Hall–Kier alpha value is -1.43. The molecule has 0 aliphatic heterocycles. The molecule has 0 aliphatic carbocycles. The van der Waals surface area contributed by atoms with Crippen molar-refractivity contribution in [2.45, 2.75) is 6.54 Å². The summed E-state index contributed by atoms with van der Waals surface area (Å²) >= 11 is 6.94. The van der Waals surface area contributed by atoms with Gasteiger partial charge in [0.15, 0.2) is 0 Å². The fourth-order valence-corrected chi connectivity index (χ4v) is 2.68. The number of rotatable bonds is 5. The van der Waals surface area contributed by atoms with Gasteiger partial charge in [-0.05, 0) is 35.2 Å². The van der Waals surface area contributed by atoms with Crippen LogP contribution < -0.4 is 5.56 Å². The summed E-state index contributed by atoms with van der Waals surface area (Å²) in [7, 11) is 1.56. The second-order valence-corrected chi connectivity index (χ2v) is 5.12. The third-order valence-corrected chi connectivity index (χ3v) is 3.77. The van der Waals surface area contributed by atoms with Gasteiger partial charge in [0, 0.05) is 13.7 Å². The Morgan fingerprint density at radius 1 is 1.42 bits per heavy atom. The van der Waals surface area contributed by atoms with Gasteiger partial charge in [-0.3, -0.25) is 9.59 Å². The Morgan fingerprint density at radius 2 is 2.21 bits per heavy atom. The largest absolute Gasteiger partial charge is 0.383 e. The summed E-state index contributed by atoms with van der Waals surface area (Å²) in [6, 6.07) is 7.03. The molecule has 0 radical (unpaired) electrons. The minimum atomic E-state index is -0.742. The Morgan fingerprint density at radius 3 is 2.79 bits per heavy atom. The van der Waals surface area contributed by atoms with Gasteiger partial charge in [-0.2, -0.15) is 0 Å². The summed E-state index contributed by atoms with van der Waals surface area (Å²) in [5.41, 5.74) is 0.361. The predicted octanol–water partition coefficient (Wildman–Crippen LogP) is 2.60. The van der Waals surface area contributed by atoms with Crippen molar-refractivity contribution in [1.29, 1.82) is 0 Å². The van der Waals surface area contributed by atoms with Crippen LogP contribution >= 0.6 is 22.9 Å². The van der Waals surface area contributed by atoms with Crippen molar-refractivity contribution >= 4 is 28.2 Å². The molecule has 2 heterocycles. The minimum absolute atomic E-state index is 0.0157. The molecular weight excluding hydrogens is 286 g/mol. The van der Waals surface area contributed by atoms with Crippen LogP contribution in [0.1, 0.15) is 10.4 Å². The molecule has 4 nitrogen and oxygen atoms in total. The summed E-state index contributed by atoms with van der Waals surface area (Å²) in [6.07, 6.45) is 0. The summed E-state index contributed by atoms with van der Waals surface area (Å²) in [6.45, 7) is 0.763. The highest BCUT2D eigenvalue weighted by atomic mass is 35.5. The van der Waals surface area contributed by atoms with Gasteiger partial charge in [0.25, 0.3) is 10.8 Å². The van der Waals surface area contributed by atoms with Crippen molar-refractivity contribution in [2.24, 2.45) is 0 Å². The first kappa shape index (κ1) is 14.0. The molecule has 0 atom stereocenters. The first-order valence-electron chi connectivity index (χ1n) is 5.61. The van der Waals surface area contributed by atoms with Gasteiger partial charge in [0.05, 0.1) is 22.7 Å². The van der Waals surface area contributed by atoms with Crippen LogP contribution in [0.15, 0.2) is 34.4 Å². The maximum atomic E-state index is 12.2. The normalized spacial score (nSPS) is 10.6. The topological polar surface area (TPSA) is 48.3 Å². The maximum Gasteiger partial charge on any atom is 0.263 e. The third-order valence-electron chi connectivity index (χ3n) is 2.68. The van der Waals surface area contributed by atoms with E-state index in [-0.39, 0.29) is 11.1 Å². The molecular formula is C13H12ClNO3S. The number of aromatic nitrogens is 1. The SMILES string of the molecule is COCCn1c(-c2cccs2)ccc(C(=O)Cl)c1=O. The Bertz CT molecular complexity index is 634. The van der Waals surface area contributed by atoms with E-state index in [1.807, 2.05) is 17.5 Å². The molecule has 100 valence electrons. The van der Waals surface area contributed by atoms with Crippen LogP contribution in [0.4, 0.5) is 0 Å². The average Bonchev–Trinajstić information content (AvgIpc) is 2.90. The van der Waals surface area contributed by atoms with Gasteiger partial charge < -0.3 is 9.30 Å². The van der Waals surface area contributed by atoms with Crippen molar-refractivity contribution in [3.05, 3.63) is 45.6 Å². The Kier molecular flexibility index (Phi) is 4.52. The molecule has 0 N–H and O–H groups in total. The lowest BCUT2D eigenvalue weighted by atomic mass is 10.2. The summed E-state index contributed by atoms with van der Waals surface area (Å²) in [5, 5.41) is 1.19. The predicted molar refractivity (Wildman–Crippen MR) is 76.1 cm³/mol. The molecule has 0 aromatic carbocycles. The minimum Gasteiger partial charge on any atom is -0.383 e. The number of thiophene rings is 1. The van der Waals surface area contributed by atoms with E-state index in [1.54, 1.807) is 13.2 Å². The zero-order chi connectivity index (χ0) is 13.8. The van der Waals surface area contributed by atoms with E-state index in [4.69, 9.17) is 16.3 Å². The van der Waals surface area contributed by atoms with E-state index in [1.165, 1.54) is 22.0 Å². The lowest BCUT2D eigenvalue weighted by Gasteiger charge is -2.12. The first-order chi connectivity index (χ1) is 9.15. The smallest absolute Gasteiger partial charge is 0.263 e. The van der Waals surface area contributed by atoms with Gasteiger partial charge >= 0.3 is 0 Å². The molecule has 0 aliphatic rings. The van der Waals surface area contributed by atoms with Crippen molar-refractivity contribution in [3.63, 3.8) is 0 Å². The molecule has 0 saturated carbocycles. The fourth-order valence-electron chi connectivity index (χ4n) is 1.77. The number of pyridine rings is 1. The number of nitrogens with zero attached hydrogens (tertiary/aromatic N) is 1. The van der Waals surface area contributed by atoms with Crippen LogP contribution in [0.3, 0.4) is 0 Å². The third kappa shape index (κ3) is 2.94. The molecule has 0 amide bonds. The van der Waals surface area contributed by atoms with Crippen molar-refractivity contribution < 1.29 is 9.53 Å². The van der Waals surface area contributed by atoms with E-state index >= 15 is 0 Å². The van der Waals surface area contributed by atoms with E-state index in [9.17, 15) is 9.59 Å².